The van der Waals surface area contributed by atoms with Crippen molar-refractivity contribution in [1.29, 1.82) is 0 Å². The van der Waals surface area contributed by atoms with Crippen molar-refractivity contribution in [2.45, 2.75) is 52.5 Å². The molecule has 3 fully saturated rings. The molecule has 1 N–H and O–H groups in total. The van der Waals surface area contributed by atoms with E-state index in [0.717, 1.165) is 17.4 Å². The molecule has 0 unspecified atom stereocenters. The highest BCUT2D eigenvalue weighted by Crippen LogP contribution is 2.50. The first-order valence-corrected chi connectivity index (χ1v) is 7.43. The summed E-state index contributed by atoms with van der Waals surface area (Å²) >= 11 is 0. The molecule has 0 atom stereocenters. The summed E-state index contributed by atoms with van der Waals surface area (Å²) in [5, 5.41) is 3.39. The molecule has 1 spiro atoms. The van der Waals surface area contributed by atoms with E-state index in [1.54, 1.807) is 0 Å². The van der Waals surface area contributed by atoms with Crippen molar-refractivity contribution in [2.24, 2.45) is 16.7 Å². The van der Waals surface area contributed by atoms with Crippen LogP contribution in [0.25, 0.3) is 0 Å². The van der Waals surface area contributed by atoms with Crippen LogP contribution in [0.1, 0.15) is 46.5 Å². The van der Waals surface area contributed by atoms with Crippen LogP contribution in [-0.2, 0) is 0 Å². The van der Waals surface area contributed by atoms with Gasteiger partial charge in [-0.05, 0) is 42.4 Å². The number of rotatable bonds is 1. The normalized spacial score (nSPS) is 31.2. The molecule has 98 valence electrons. The van der Waals surface area contributed by atoms with Gasteiger partial charge in [-0.15, -0.1) is 0 Å². The van der Waals surface area contributed by atoms with Crippen LogP contribution in [0.3, 0.4) is 0 Å². The third-order valence-electron chi connectivity index (χ3n) is 5.62. The van der Waals surface area contributed by atoms with E-state index in [4.69, 9.17) is 0 Å². The van der Waals surface area contributed by atoms with Gasteiger partial charge >= 0.3 is 0 Å². The SMILES string of the molecule is CC(C)(C)C1CCC2(CC1)CN(C1CNC1)C2. The molecule has 1 saturated carbocycles. The summed E-state index contributed by atoms with van der Waals surface area (Å²) in [4.78, 5) is 2.72. The van der Waals surface area contributed by atoms with Gasteiger partial charge in [0, 0.05) is 32.2 Å². The molecule has 3 aliphatic rings. The lowest BCUT2D eigenvalue weighted by Crippen LogP contribution is -2.68. The Balaban J connectivity index is 1.49. The van der Waals surface area contributed by atoms with Crippen LogP contribution in [0, 0.1) is 16.7 Å². The Morgan fingerprint density at radius 1 is 1.06 bits per heavy atom. The van der Waals surface area contributed by atoms with E-state index in [9.17, 15) is 0 Å². The Kier molecular flexibility index (Phi) is 2.79. The Labute approximate surface area is 106 Å². The van der Waals surface area contributed by atoms with Gasteiger partial charge < -0.3 is 5.32 Å². The molecule has 0 amide bonds. The number of nitrogens with zero attached hydrogens (tertiary/aromatic N) is 1. The van der Waals surface area contributed by atoms with Crippen molar-refractivity contribution >= 4 is 0 Å². The van der Waals surface area contributed by atoms with Crippen LogP contribution in [0.2, 0.25) is 0 Å². The fourth-order valence-electron chi connectivity index (χ4n) is 4.02. The summed E-state index contributed by atoms with van der Waals surface area (Å²) in [5.41, 5.74) is 1.26. The summed E-state index contributed by atoms with van der Waals surface area (Å²) in [7, 11) is 0. The van der Waals surface area contributed by atoms with E-state index < -0.39 is 0 Å². The van der Waals surface area contributed by atoms with Gasteiger partial charge in [-0.3, -0.25) is 4.90 Å². The third kappa shape index (κ3) is 2.15. The number of likely N-dealkylation sites (tertiary alicyclic amines) is 1. The molecule has 2 saturated heterocycles. The Morgan fingerprint density at radius 2 is 1.65 bits per heavy atom. The van der Waals surface area contributed by atoms with Crippen LogP contribution in [-0.4, -0.2) is 37.1 Å². The second-order valence-corrected chi connectivity index (χ2v) is 7.86. The molecule has 2 heterocycles. The second kappa shape index (κ2) is 3.96. The zero-order chi connectivity index (χ0) is 12.1. The van der Waals surface area contributed by atoms with Crippen LogP contribution in [0.5, 0.6) is 0 Å². The third-order valence-corrected chi connectivity index (χ3v) is 5.62. The van der Waals surface area contributed by atoms with Crippen molar-refractivity contribution in [3.63, 3.8) is 0 Å². The topological polar surface area (TPSA) is 15.3 Å². The average Bonchev–Trinajstić information content (AvgIpc) is 2.12. The average molecular weight is 236 g/mol. The minimum Gasteiger partial charge on any atom is -0.314 e. The van der Waals surface area contributed by atoms with Crippen LogP contribution in [0.4, 0.5) is 0 Å². The summed E-state index contributed by atoms with van der Waals surface area (Å²) in [6.45, 7) is 12.5. The molecule has 0 aromatic rings. The maximum Gasteiger partial charge on any atom is 0.0345 e. The van der Waals surface area contributed by atoms with Gasteiger partial charge in [0.25, 0.3) is 0 Å². The molecular formula is C15H28N2. The lowest BCUT2D eigenvalue weighted by Gasteiger charge is -2.58. The molecule has 3 rings (SSSR count). The van der Waals surface area contributed by atoms with Crippen LogP contribution < -0.4 is 5.32 Å². The van der Waals surface area contributed by atoms with Crippen LogP contribution in [0.15, 0.2) is 0 Å². The lowest BCUT2D eigenvalue weighted by atomic mass is 9.61. The molecule has 2 aliphatic heterocycles. The first-order valence-electron chi connectivity index (χ1n) is 7.43. The van der Waals surface area contributed by atoms with Gasteiger partial charge in [0.2, 0.25) is 0 Å². The largest absolute Gasteiger partial charge is 0.314 e. The zero-order valence-electron chi connectivity index (χ0n) is 11.8. The molecular weight excluding hydrogens is 208 g/mol. The van der Waals surface area contributed by atoms with E-state index in [2.05, 4.69) is 31.0 Å². The van der Waals surface area contributed by atoms with E-state index in [1.807, 2.05) is 0 Å². The predicted octanol–water partition coefficient (Wildman–Crippen LogP) is 2.50. The van der Waals surface area contributed by atoms with Crippen molar-refractivity contribution in [3.8, 4) is 0 Å². The van der Waals surface area contributed by atoms with Gasteiger partial charge in [-0.1, -0.05) is 20.8 Å². The van der Waals surface area contributed by atoms with Crippen molar-refractivity contribution in [2.75, 3.05) is 26.2 Å². The van der Waals surface area contributed by atoms with E-state index in [-0.39, 0.29) is 0 Å². The summed E-state index contributed by atoms with van der Waals surface area (Å²) in [6.07, 6.45) is 5.93. The minimum absolute atomic E-state index is 0.531. The van der Waals surface area contributed by atoms with Gasteiger partial charge in [0.05, 0.1) is 0 Å². The molecule has 0 aromatic carbocycles. The highest BCUT2D eigenvalue weighted by Gasteiger charge is 2.48. The van der Waals surface area contributed by atoms with Crippen molar-refractivity contribution in [3.05, 3.63) is 0 Å². The Hall–Kier alpha value is -0.0800. The van der Waals surface area contributed by atoms with E-state index >= 15 is 0 Å². The summed E-state index contributed by atoms with van der Waals surface area (Å²) in [5.74, 6) is 0.965. The standard InChI is InChI=1S/C15H28N2/c1-14(2,3)12-4-6-15(7-5-12)10-17(11-15)13-8-16-9-13/h12-13,16H,4-11H2,1-3H3. The highest BCUT2D eigenvalue weighted by molar-refractivity contribution is 5.03. The van der Waals surface area contributed by atoms with Crippen LogP contribution >= 0.6 is 0 Å². The number of nitrogens with one attached hydrogen (secondary N) is 1. The maximum atomic E-state index is 3.39. The first kappa shape index (κ1) is 12.0. The molecule has 1 aliphatic carbocycles. The van der Waals surface area contributed by atoms with Gasteiger partial charge in [-0.25, -0.2) is 0 Å². The Bertz CT molecular complexity index is 272. The zero-order valence-corrected chi connectivity index (χ0v) is 11.8. The molecule has 0 bridgehead atoms. The highest BCUT2D eigenvalue weighted by atomic mass is 15.3. The Morgan fingerprint density at radius 3 is 2.06 bits per heavy atom. The predicted molar refractivity (Wildman–Crippen MR) is 72.1 cm³/mol. The molecule has 0 radical (unpaired) electrons. The smallest absolute Gasteiger partial charge is 0.0345 e. The molecule has 17 heavy (non-hydrogen) atoms. The number of hydrogen-bond acceptors (Lipinski definition) is 2. The monoisotopic (exact) mass is 236 g/mol. The summed E-state index contributed by atoms with van der Waals surface area (Å²) in [6, 6.07) is 0.876. The lowest BCUT2D eigenvalue weighted by molar-refractivity contribution is -0.0809. The number of hydrogen-bond donors (Lipinski definition) is 1. The van der Waals surface area contributed by atoms with E-state index in [0.29, 0.717) is 5.41 Å². The molecule has 0 aromatic heterocycles. The van der Waals surface area contributed by atoms with Gasteiger partial charge in [-0.2, -0.15) is 0 Å². The maximum absolute atomic E-state index is 3.39. The summed E-state index contributed by atoms with van der Waals surface area (Å²) < 4.78 is 0. The van der Waals surface area contributed by atoms with E-state index in [1.165, 1.54) is 51.9 Å². The van der Waals surface area contributed by atoms with Crippen molar-refractivity contribution in [1.82, 2.24) is 10.2 Å². The molecule has 2 nitrogen and oxygen atoms in total. The fraction of sp³-hybridized carbons (Fsp3) is 1.00. The van der Waals surface area contributed by atoms with Gasteiger partial charge in [0.1, 0.15) is 0 Å². The first-order chi connectivity index (χ1) is 7.99. The van der Waals surface area contributed by atoms with Crippen molar-refractivity contribution < 1.29 is 0 Å². The fourth-order valence-corrected chi connectivity index (χ4v) is 4.02. The quantitative estimate of drug-likeness (QED) is 0.752. The minimum atomic E-state index is 0.531. The molecule has 2 heteroatoms. The van der Waals surface area contributed by atoms with Gasteiger partial charge in [0.15, 0.2) is 0 Å². The second-order valence-electron chi connectivity index (χ2n) is 7.86.